The number of thiophene rings is 1. The maximum Gasteiger partial charge on any atom is 0.263 e. The Labute approximate surface area is 169 Å². The third-order valence-corrected chi connectivity index (χ3v) is 6.67. The Bertz CT molecular complexity index is 761. The zero-order chi connectivity index (χ0) is 19.3. The van der Waals surface area contributed by atoms with E-state index in [4.69, 9.17) is 4.42 Å². The first kappa shape index (κ1) is 19.2. The van der Waals surface area contributed by atoms with Crippen LogP contribution in [0, 0.1) is 5.92 Å². The monoisotopic (exact) mass is 401 g/mol. The second-order valence-electron chi connectivity index (χ2n) is 7.56. The van der Waals surface area contributed by atoms with Crippen LogP contribution in [-0.2, 0) is 4.79 Å². The average molecular weight is 402 g/mol. The molecule has 0 aliphatic carbocycles. The highest BCUT2D eigenvalue weighted by Crippen LogP contribution is 2.26. The van der Waals surface area contributed by atoms with Gasteiger partial charge < -0.3 is 14.6 Å². The maximum absolute atomic E-state index is 12.7. The van der Waals surface area contributed by atoms with Gasteiger partial charge in [-0.3, -0.25) is 14.5 Å². The van der Waals surface area contributed by atoms with Gasteiger partial charge in [-0.25, -0.2) is 0 Å². The highest BCUT2D eigenvalue weighted by Gasteiger charge is 2.30. The van der Waals surface area contributed by atoms with Gasteiger partial charge in [0.25, 0.3) is 5.91 Å². The molecule has 2 aromatic rings. The minimum atomic E-state index is -0.0248. The van der Waals surface area contributed by atoms with Crippen molar-refractivity contribution in [1.29, 1.82) is 0 Å². The molecular formula is C21H27N3O3S. The van der Waals surface area contributed by atoms with Gasteiger partial charge in [0.15, 0.2) is 0 Å². The summed E-state index contributed by atoms with van der Waals surface area (Å²) in [6.07, 6.45) is 5.53. The summed E-state index contributed by atoms with van der Waals surface area (Å²) in [4.78, 5) is 30.2. The molecule has 2 fully saturated rings. The zero-order valence-electron chi connectivity index (χ0n) is 16.0. The van der Waals surface area contributed by atoms with E-state index in [0.717, 1.165) is 36.6 Å². The molecule has 2 saturated heterocycles. The number of carbonyl (C=O) groups is 2. The maximum atomic E-state index is 12.7. The lowest BCUT2D eigenvalue weighted by atomic mass is 9.95. The Kier molecular flexibility index (Phi) is 6.12. The first-order valence-corrected chi connectivity index (χ1v) is 11.0. The topological polar surface area (TPSA) is 65.8 Å². The van der Waals surface area contributed by atoms with Gasteiger partial charge in [-0.2, -0.15) is 0 Å². The van der Waals surface area contributed by atoms with Crippen molar-refractivity contribution in [3.8, 4) is 0 Å². The molecule has 2 aliphatic rings. The van der Waals surface area contributed by atoms with Gasteiger partial charge in [0.05, 0.1) is 17.2 Å². The number of furan rings is 1. The van der Waals surface area contributed by atoms with Crippen LogP contribution in [0.25, 0.3) is 0 Å². The summed E-state index contributed by atoms with van der Waals surface area (Å²) in [5.41, 5.74) is 0. The van der Waals surface area contributed by atoms with E-state index in [1.807, 2.05) is 34.5 Å². The molecule has 0 spiro atoms. The van der Waals surface area contributed by atoms with Gasteiger partial charge in [-0.1, -0.05) is 6.07 Å². The number of hydrogen-bond acceptors (Lipinski definition) is 5. The normalized spacial score (nSPS) is 19.6. The van der Waals surface area contributed by atoms with Crippen LogP contribution in [0.1, 0.15) is 47.2 Å². The lowest BCUT2D eigenvalue weighted by Gasteiger charge is -2.32. The van der Waals surface area contributed by atoms with Crippen LogP contribution in [-0.4, -0.2) is 54.3 Å². The second kappa shape index (κ2) is 8.92. The Hall–Kier alpha value is -2.12. The van der Waals surface area contributed by atoms with Crippen molar-refractivity contribution in [2.45, 2.75) is 31.7 Å². The molecule has 0 saturated carbocycles. The van der Waals surface area contributed by atoms with E-state index in [0.29, 0.717) is 19.6 Å². The number of amides is 2. The molecule has 6 nitrogen and oxygen atoms in total. The molecular weight excluding hydrogens is 374 g/mol. The van der Waals surface area contributed by atoms with Crippen molar-refractivity contribution in [2.24, 2.45) is 5.92 Å². The minimum absolute atomic E-state index is 0.0248. The third-order valence-electron chi connectivity index (χ3n) is 5.81. The molecule has 0 aromatic carbocycles. The fourth-order valence-electron chi connectivity index (χ4n) is 4.19. The van der Waals surface area contributed by atoms with Crippen LogP contribution >= 0.6 is 11.3 Å². The summed E-state index contributed by atoms with van der Waals surface area (Å²) in [5.74, 6) is 1.07. The fraction of sp³-hybridized carbons (Fsp3) is 0.524. The Balaban J connectivity index is 1.28. The van der Waals surface area contributed by atoms with Crippen LogP contribution < -0.4 is 5.32 Å². The van der Waals surface area contributed by atoms with Gasteiger partial charge in [-0.05, 0) is 62.4 Å². The van der Waals surface area contributed by atoms with E-state index >= 15 is 0 Å². The first-order chi connectivity index (χ1) is 13.7. The van der Waals surface area contributed by atoms with Crippen molar-refractivity contribution >= 4 is 23.2 Å². The van der Waals surface area contributed by atoms with Crippen LogP contribution in [0.15, 0.2) is 40.3 Å². The van der Waals surface area contributed by atoms with Crippen LogP contribution in [0.4, 0.5) is 0 Å². The molecule has 4 rings (SSSR count). The fourth-order valence-corrected chi connectivity index (χ4v) is 4.88. The van der Waals surface area contributed by atoms with E-state index in [9.17, 15) is 9.59 Å². The molecule has 28 heavy (non-hydrogen) atoms. The van der Waals surface area contributed by atoms with Crippen LogP contribution in [0.5, 0.6) is 0 Å². The summed E-state index contributed by atoms with van der Waals surface area (Å²) >= 11 is 1.47. The quantitative estimate of drug-likeness (QED) is 0.808. The molecule has 7 heteroatoms. The average Bonchev–Trinajstić information content (AvgIpc) is 3.51. The molecule has 0 radical (unpaired) electrons. The zero-order valence-corrected chi connectivity index (χ0v) is 16.8. The number of hydrogen-bond donors (Lipinski definition) is 1. The molecule has 2 aromatic heterocycles. The van der Waals surface area contributed by atoms with Gasteiger partial charge in [-0.15, -0.1) is 11.3 Å². The Morgan fingerprint density at radius 2 is 1.93 bits per heavy atom. The van der Waals surface area contributed by atoms with E-state index in [1.165, 1.54) is 24.2 Å². The van der Waals surface area contributed by atoms with Crippen molar-refractivity contribution in [3.05, 3.63) is 46.5 Å². The van der Waals surface area contributed by atoms with Crippen LogP contribution in [0.3, 0.4) is 0 Å². The lowest BCUT2D eigenvalue weighted by molar-refractivity contribution is -0.126. The highest BCUT2D eigenvalue weighted by molar-refractivity contribution is 7.12. The van der Waals surface area contributed by atoms with Gasteiger partial charge in [0, 0.05) is 25.6 Å². The number of nitrogens with one attached hydrogen (secondary N) is 1. The first-order valence-electron chi connectivity index (χ1n) is 10.1. The Morgan fingerprint density at radius 3 is 2.57 bits per heavy atom. The molecule has 4 heterocycles. The van der Waals surface area contributed by atoms with Gasteiger partial charge >= 0.3 is 0 Å². The number of piperidine rings is 1. The highest BCUT2D eigenvalue weighted by atomic mass is 32.1. The molecule has 0 bridgehead atoms. The number of rotatable bonds is 6. The van der Waals surface area contributed by atoms with E-state index in [1.54, 1.807) is 6.26 Å². The molecule has 2 amide bonds. The molecule has 1 atom stereocenters. The number of likely N-dealkylation sites (tertiary alicyclic amines) is 2. The van der Waals surface area contributed by atoms with Crippen LogP contribution in [0.2, 0.25) is 0 Å². The Morgan fingerprint density at radius 1 is 1.14 bits per heavy atom. The predicted octanol–water partition coefficient (Wildman–Crippen LogP) is 3.15. The molecule has 0 unspecified atom stereocenters. The van der Waals surface area contributed by atoms with E-state index < -0.39 is 0 Å². The molecule has 2 aliphatic heterocycles. The second-order valence-corrected chi connectivity index (χ2v) is 8.51. The smallest absolute Gasteiger partial charge is 0.263 e. The van der Waals surface area contributed by atoms with Gasteiger partial charge in [0.1, 0.15) is 5.76 Å². The molecule has 1 N–H and O–H groups in total. The standard InChI is InChI=1S/C21H27N3O3S/c25-20(16-7-11-24(12-8-16)21(26)19-6-4-14-28-19)22-15-17(18-5-3-13-27-18)23-9-1-2-10-23/h3-6,13-14,16-17H,1-2,7-12,15H2,(H,22,25)/t17-/m1/s1. The van der Waals surface area contributed by atoms with Crippen molar-refractivity contribution < 1.29 is 14.0 Å². The predicted molar refractivity (Wildman–Crippen MR) is 108 cm³/mol. The van der Waals surface area contributed by atoms with Gasteiger partial charge in [0.2, 0.25) is 5.91 Å². The number of nitrogens with zero attached hydrogens (tertiary/aromatic N) is 2. The van der Waals surface area contributed by atoms with E-state index in [2.05, 4.69) is 10.2 Å². The SMILES string of the molecule is O=C(NC[C@H](c1ccco1)N1CCCC1)C1CCN(C(=O)c2cccs2)CC1. The third kappa shape index (κ3) is 4.31. The summed E-state index contributed by atoms with van der Waals surface area (Å²) < 4.78 is 5.63. The summed E-state index contributed by atoms with van der Waals surface area (Å²) in [5, 5.41) is 5.07. The molecule has 150 valence electrons. The minimum Gasteiger partial charge on any atom is -0.468 e. The lowest BCUT2D eigenvalue weighted by Crippen LogP contribution is -2.44. The summed E-state index contributed by atoms with van der Waals surface area (Å²) in [6, 6.07) is 7.75. The largest absolute Gasteiger partial charge is 0.468 e. The van der Waals surface area contributed by atoms with Crippen molar-refractivity contribution in [1.82, 2.24) is 15.1 Å². The summed E-state index contributed by atoms with van der Waals surface area (Å²) in [6.45, 7) is 3.95. The van der Waals surface area contributed by atoms with Crippen molar-refractivity contribution in [2.75, 3.05) is 32.7 Å². The summed E-state index contributed by atoms with van der Waals surface area (Å²) in [7, 11) is 0. The van der Waals surface area contributed by atoms with Crippen molar-refractivity contribution in [3.63, 3.8) is 0 Å². The van der Waals surface area contributed by atoms with E-state index in [-0.39, 0.29) is 23.8 Å². The number of carbonyl (C=O) groups excluding carboxylic acids is 2.